The van der Waals surface area contributed by atoms with E-state index in [2.05, 4.69) is 4.72 Å². The molecule has 1 atom stereocenters. The van der Waals surface area contributed by atoms with Gasteiger partial charge >= 0.3 is 0 Å². The standard InChI is InChI=1S/C15H15ClFNO3S/c16-13-3-1-2-4-15(13)22(20,21)18-10-9-14(19)11-5-7-12(17)8-6-11/h1-8,14,18-19H,9-10H2. The summed E-state index contributed by atoms with van der Waals surface area (Å²) in [6, 6.07) is 11.5. The lowest BCUT2D eigenvalue weighted by Crippen LogP contribution is -2.26. The van der Waals surface area contributed by atoms with Crippen LogP contribution < -0.4 is 4.72 Å². The maximum absolute atomic E-state index is 12.8. The van der Waals surface area contributed by atoms with Gasteiger partial charge in [0.2, 0.25) is 10.0 Å². The molecule has 0 bridgehead atoms. The first-order valence-corrected chi connectivity index (χ1v) is 8.44. The van der Waals surface area contributed by atoms with Gasteiger partial charge in [0.25, 0.3) is 0 Å². The van der Waals surface area contributed by atoms with Crippen LogP contribution in [-0.2, 0) is 10.0 Å². The smallest absolute Gasteiger partial charge is 0.242 e. The van der Waals surface area contributed by atoms with E-state index in [4.69, 9.17) is 11.6 Å². The molecule has 1 unspecified atom stereocenters. The number of aliphatic hydroxyl groups excluding tert-OH is 1. The predicted octanol–water partition coefficient (Wildman–Crippen LogP) is 2.88. The van der Waals surface area contributed by atoms with Crippen LogP contribution in [0, 0.1) is 5.82 Å². The summed E-state index contributed by atoms with van der Waals surface area (Å²) in [6.07, 6.45) is -0.718. The van der Waals surface area contributed by atoms with Gasteiger partial charge in [-0.15, -0.1) is 0 Å². The number of sulfonamides is 1. The maximum Gasteiger partial charge on any atom is 0.242 e. The van der Waals surface area contributed by atoms with Crippen molar-refractivity contribution in [1.29, 1.82) is 0 Å². The van der Waals surface area contributed by atoms with Crippen LogP contribution >= 0.6 is 11.6 Å². The van der Waals surface area contributed by atoms with Gasteiger partial charge in [-0.2, -0.15) is 0 Å². The zero-order chi connectivity index (χ0) is 16.2. The number of halogens is 2. The number of benzene rings is 2. The van der Waals surface area contributed by atoms with Crippen LogP contribution in [-0.4, -0.2) is 20.1 Å². The Labute approximate surface area is 133 Å². The van der Waals surface area contributed by atoms with Gasteiger partial charge in [-0.05, 0) is 36.2 Å². The summed E-state index contributed by atoms with van der Waals surface area (Å²) >= 11 is 5.86. The van der Waals surface area contributed by atoms with Crippen molar-refractivity contribution in [2.45, 2.75) is 17.4 Å². The highest BCUT2D eigenvalue weighted by Gasteiger charge is 2.17. The quantitative estimate of drug-likeness (QED) is 0.847. The molecule has 0 radical (unpaired) electrons. The van der Waals surface area contributed by atoms with Gasteiger partial charge in [0.15, 0.2) is 0 Å². The van der Waals surface area contributed by atoms with Gasteiger partial charge in [-0.25, -0.2) is 17.5 Å². The van der Waals surface area contributed by atoms with Crippen molar-refractivity contribution in [3.63, 3.8) is 0 Å². The van der Waals surface area contributed by atoms with E-state index in [-0.39, 0.29) is 22.9 Å². The Bertz CT molecular complexity index is 735. The Morgan fingerprint density at radius 3 is 2.41 bits per heavy atom. The molecule has 0 spiro atoms. The third kappa shape index (κ3) is 4.27. The molecule has 118 valence electrons. The van der Waals surface area contributed by atoms with Crippen LogP contribution in [0.25, 0.3) is 0 Å². The minimum atomic E-state index is -3.73. The van der Waals surface area contributed by atoms with Crippen molar-refractivity contribution in [2.24, 2.45) is 0 Å². The topological polar surface area (TPSA) is 66.4 Å². The molecule has 0 heterocycles. The van der Waals surface area contributed by atoms with Crippen molar-refractivity contribution in [3.05, 3.63) is 64.9 Å². The second-order valence-electron chi connectivity index (χ2n) is 4.68. The van der Waals surface area contributed by atoms with E-state index in [1.807, 2.05) is 0 Å². The zero-order valence-electron chi connectivity index (χ0n) is 11.5. The fourth-order valence-electron chi connectivity index (χ4n) is 1.92. The van der Waals surface area contributed by atoms with E-state index in [1.165, 1.54) is 36.4 Å². The summed E-state index contributed by atoms with van der Waals surface area (Å²) in [5.41, 5.74) is 0.526. The molecule has 0 aromatic heterocycles. The van der Waals surface area contributed by atoms with Crippen LogP contribution in [0.4, 0.5) is 4.39 Å². The Kier molecular flexibility index (Phi) is 5.52. The lowest BCUT2D eigenvalue weighted by atomic mass is 10.1. The normalized spacial score (nSPS) is 13.0. The van der Waals surface area contributed by atoms with Gasteiger partial charge in [0, 0.05) is 6.54 Å². The van der Waals surface area contributed by atoms with E-state index in [1.54, 1.807) is 12.1 Å². The molecule has 2 N–H and O–H groups in total. The molecule has 2 aromatic carbocycles. The molecule has 0 fully saturated rings. The first-order valence-electron chi connectivity index (χ1n) is 6.58. The van der Waals surface area contributed by atoms with Crippen molar-refractivity contribution in [2.75, 3.05) is 6.54 Å². The van der Waals surface area contributed by atoms with E-state index in [9.17, 15) is 17.9 Å². The fourth-order valence-corrected chi connectivity index (χ4v) is 3.49. The Morgan fingerprint density at radius 1 is 1.14 bits per heavy atom. The van der Waals surface area contributed by atoms with Gasteiger partial charge in [0.1, 0.15) is 10.7 Å². The molecule has 2 rings (SSSR count). The second kappa shape index (κ2) is 7.19. The average Bonchev–Trinajstić information content (AvgIpc) is 2.48. The van der Waals surface area contributed by atoms with Crippen LogP contribution in [0.2, 0.25) is 5.02 Å². The minimum absolute atomic E-state index is 0.00654. The third-order valence-electron chi connectivity index (χ3n) is 3.09. The van der Waals surface area contributed by atoms with Crippen LogP contribution in [0.1, 0.15) is 18.1 Å². The summed E-state index contributed by atoms with van der Waals surface area (Å²) in [5, 5.41) is 10.1. The highest BCUT2D eigenvalue weighted by molar-refractivity contribution is 7.89. The average molecular weight is 344 g/mol. The lowest BCUT2D eigenvalue weighted by Gasteiger charge is -2.12. The minimum Gasteiger partial charge on any atom is -0.388 e. The lowest BCUT2D eigenvalue weighted by molar-refractivity contribution is 0.169. The predicted molar refractivity (Wildman–Crippen MR) is 82.6 cm³/mol. The summed E-state index contributed by atoms with van der Waals surface area (Å²) in [4.78, 5) is -0.00654. The molecular formula is C15H15ClFNO3S. The Morgan fingerprint density at radius 2 is 1.77 bits per heavy atom. The third-order valence-corrected chi connectivity index (χ3v) is 5.05. The molecule has 7 heteroatoms. The molecule has 0 saturated carbocycles. The molecule has 0 saturated heterocycles. The largest absolute Gasteiger partial charge is 0.388 e. The monoisotopic (exact) mass is 343 g/mol. The highest BCUT2D eigenvalue weighted by Crippen LogP contribution is 2.21. The fraction of sp³-hybridized carbons (Fsp3) is 0.200. The van der Waals surface area contributed by atoms with Crippen molar-refractivity contribution in [3.8, 4) is 0 Å². The van der Waals surface area contributed by atoms with E-state index >= 15 is 0 Å². The molecule has 0 aliphatic carbocycles. The van der Waals surface area contributed by atoms with Gasteiger partial charge in [0.05, 0.1) is 11.1 Å². The number of aliphatic hydroxyl groups is 1. The molecule has 4 nitrogen and oxygen atoms in total. The van der Waals surface area contributed by atoms with Gasteiger partial charge in [-0.3, -0.25) is 0 Å². The first-order chi connectivity index (χ1) is 10.4. The summed E-state index contributed by atoms with van der Waals surface area (Å²) < 4.78 is 39.4. The van der Waals surface area contributed by atoms with Crippen LogP contribution in [0.3, 0.4) is 0 Å². The number of nitrogens with one attached hydrogen (secondary N) is 1. The second-order valence-corrected chi connectivity index (χ2v) is 6.83. The Hall–Kier alpha value is -1.47. The summed E-state index contributed by atoms with van der Waals surface area (Å²) in [6.45, 7) is 0.0338. The molecule has 0 amide bonds. The molecule has 2 aromatic rings. The number of rotatable bonds is 6. The highest BCUT2D eigenvalue weighted by atomic mass is 35.5. The van der Waals surface area contributed by atoms with Crippen LogP contribution in [0.5, 0.6) is 0 Å². The van der Waals surface area contributed by atoms with Gasteiger partial charge < -0.3 is 5.11 Å². The molecule has 0 aliphatic heterocycles. The van der Waals surface area contributed by atoms with Gasteiger partial charge in [-0.1, -0.05) is 35.9 Å². The summed E-state index contributed by atoms with van der Waals surface area (Å²) in [5.74, 6) is -0.393. The molecule has 0 aliphatic rings. The Balaban J connectivity index is 1.95. The van der Waals surface area contributed by atoms with Crippen molar-refractivity contribution in [1.82, 2.24) is 4.72 Å². The van der Waals surface area contributed by atoms with Crippen molar-refractivity contribution >= 4 is 21.6 Å². The molecule has 22 heavy (non-hydrogen) atoms. The van der Waals surface area contributed by atoms with E-state index in [0.29, 0.717) is 5.56 Å². The number of hydrogen-bond acceptors (Lipinski definition) is 3. The maximum atomic E-state index is 12.8. The number of hydrogen-bond donors (Lipinski definition) is 2. The van der Waals surface area contributed by atoms with Crippen LogP contribution in [0.15, 0.2) is 53.4 Å². The summed E-state index contributed by atoms with van der Waals surface area (Å²) in [7, 11) is -3.73. The zero-order valence-corrected chi connectivity index (χ0v) is 13.1. The first kappa shape index (κ1) is 16.9. The van der Waals surface area contributed by atoms with E-state index in [0.717, 1.165) is 0 Å². The molecular weight excluding hydrogens is 329 g/mol. The van der Waals surface area contributed by atoms with Crippen molar-refractivity contribution < 1.29 is 17.9 Å². The van der Waals surface area contributed by atoms with E-state index < -0.39 is 21.9 Å². The SMILES string of the molecule is O=S(=O)(NCCC(O)c1ccc(F)cc1)c1ccccc1Cl.